The molecule has 1 aromatic heterocycles. The lowest BCUT2D eigenvalue weighted by Gasteiger charge is -2.10. The van der Waals surface area contributed by atoms with Crippen LogP contribution < -0.4 is 4.74 Å². The standard InChI is InChI=1S/C14H10Cl3NO3/c1-20-10-5-3-2-4-8(10)7-21-14(19)13-12(17)11(16)9(15)6-18-13/h2-6H,7H2,1H3. The fourth-order valence-corrected chi connectivity index (χ4v) is 2.18. The predicted molar refractivity (Wildman–Crippen MR) is 81.4 cm³/mol. The van der Waals surface area contributed by atoms with Gasteiger partial charge in [-0.1, -0.05) is 53.0 Å². The molecule has 0 saturated carbocycles. The van der Waals surface area contributed by atoms with Gasteiger partial charge in [0.05, 0.1) is 22.2 Å². The van der Waals surface area contributed by atoms with Gasteiger partial charge in [-0.3, -0.25) is 0 Å². The van der Waals surface area contributed by atoms with Crippen molar-refractivity contribution in [3.05, 3.63) is 56.8 Å². The van der Waals surface area contributed by atoms with Gasteiger partial charge in [0.25, 0.3) is 0 Å². The summed E-state index contributed by atoms with van der Waals surface area (Å²) in [6.07, 6.45) is 1.25. The van der Waals surface area contributed by atoms with Gasteiger partial charge in [0.15, 0.2) is 5.69 Å². The summed E-state index contributed by atoms with van der Waals surface area (Å²) in [6, 6.07) is 7.20. The number of pyridine rings is 1. The molecular weight excluding hydrogens is 337 g/mol. The van der Waals surface area contributed by atoms with Crippen LogP contribution in [0.3, 0.4) is 0 Å². The number of nitrogens with zero attached hydrogens (tertiary/aromatic N) is 1. The topological polar surface area (TPSA) is 48.4 Å². The molecule has 21 heavy (non-hydrogen) atoms. The molecular formula is C14H10Cl3NO3. The molecule has 0 radical (unpaired) electrons. The Labute approximate surface area is 136 Å². The van der Waals surface area contributed by atoms with E-state index in [0.29, 0.717) is 5.75 Å². The molecule has 4 nitrogen and oxygen atoms in total. The Kier molecular flexibility index (Phi) is 5.28. The first-order chi connectivity index (χ1) is 10.0. The molecule has 0 aliphatic heterocycles. The van der Waals surface area contributed by atoms with Gasteiger partial charge in [-0.05, 0) is 6.07 Å². The maximum atomic E-state index is 12.0. The average molecular weight is 347 g/mol. The number of ether oxygens (including phenoxy) is 2. The molecule has 110 valence electrons. The highest BCUT2D eigenvalue weighted by Crippen LogP contribution is 2.31. The highest BCUT2D eigenvalue weighted by molar-refractivity contribution is 6.48. The number of esters is 1. The molecule has 0 N–H and O–H groups in total. The molecule has 2 rings (SSSR count). The lowest BCUT2D eigenvalue weighted by atomic mass is 10.2. The summed E-state index contributed by atoms with van der Waals surface area (Å²) < 4.78 is 10.3. The number of rotatable bonds is 4. The number of aromatic nitrogens is 1. The van der Waals surface area contributed by atoms with Gasteiger partial charge < -0.3 is 9.47 Å². The van der Waals surface area contributed by atoms with Crippen molar-refractivity contribution in [1.82, 2.24) is 4.98 Å². The Morgan fingerprint density at radius 1 is 1.19 bits per heavy atom. The van der Waals surface area contributed by atoms with E-state index in [9.17, 15) is 4.79 Å². The maximum absolute atomic E-state index is 12.0. The smallest absolute Gasteiger partial charge is 0.358 e. The van der Waals surface area contributed by atoms with E-state index in [1.54, 1.807) is 12.1 Å². The summed E-state index contributed by atoms with van der Waals surface area (Å²) in [7, 11) is 1.54. The molecule has 0 atom stereocenters. The van der Waals surface area contributed by atoms with Crippen LogP contribution in [0.25, 0.3) is 0 Å². The minimum atomic E-state index is -0.690. The van der Waals surface area contributed by atoms with Crippen molar-refractivity contribution in [2.75, 3.05) is 7.11 Å². The number of carbonyl (C=O) groups excluding carboxylic acids is 1. The molecule has 0 spiro atoms. The molecule has 0 unspecified atom stereocenters. The predicted octanol–water partition coefficient (Wildman–Crippen LogP) is 4.41. The Balaban J connectivity index is 2.14. The van der Waals surface area contributed by atoms with Crippen molar-refractivity contribution in [2.24, 2.45) is 0 Å². The highest BCUT2D eigenvalue weighted by atomic mass is 35.5. The van der Waals surface area contributed by atoms with Gasteiger partial charge in [0.2, 0.25) is 0 Å². The van der Waals surface area contributed by atoms with Gasteiger partial charge in [0, 0.05) is 11.8 Å². The van der Waals surface area contributed by atoms with Crippen molar-refractivity contribution in [1.29, 1.82) is 0 Å². The minimum Gasteiger partial charge on any atom is -0.496 e. The second kappa shape index (κ2) is 6.98. The van der Waals surface area contributed by atoms with E-state index < -0.39 is 5.97 Å². The van der Waals surface area contributed by atoms with Crippen molar-refractivity contribution < 1.29 is 14.3 Å². The van der Waals surface area contributed by atoms with Crippen LogP contribution in [0.15, 0.2) is 30.5 Å². The number of halogens is 3. The molecule has 2 aromatic rings. The van der Waals surface area contributed by atoms with E-state index in [0.717, 1.165) is 5.56 Å². The van der Waals surface area contributed by atoms with Gasteiger partial charge in [0.1, 0.15) is 12.4 Å². The maximum Gasteiger partial charge on any atom is 0.358 e. The number of methoxy groups -OCH3 is 1. The molecule has 7 heteroatoms. The second-order valence-corrected chi connectivity index (χ2v) is 5.13. The Hall–Kier alpha value is -1.49. The van der Waals surface area contributed by atoms with Crippen LogP contribution in [0.1, 0.15) is 16.1 Å². The Morgan fingerprint density at radius 3 is 2.62 bits per heavy atom. The van der Waals surface area contributed by atoms with Crippen LogP contribution in [0.4, 0.5) is 0 Å². The van der Waals surface area contributed by atoms with E-state index in [1.165, 1.54) is 13.3 Å². The van der Waals surface area contributed by atoms with Crippen molar-refractivity contribution in [2.45, 2.75) is 6.61 Å². The van der Waals surface area contributed by atoms with E-state index >= 15 is 0 Å². The molecule has 0 bridgehead atoms. The van der Waals surface area contributed by atoms with Crippen LogP contribution in [0.5, 0.6) is 5.75 Å². The van der Waals surface area contributed by atoms with Gasteiger partial charge in [-0.15, -0.1) is 0 Å². The fraction of sp³-hybridized carbons (Fsp3) is 0.143. The first-order valence-electron chi connectivity index (χ1n) is 5.83. The molecule has 1 heterocycles. The first-order valence-corrected chi connectivity index (χ1v) is 6.96. The van der Waals surface area contributed by atoms with Crippen LogP contribution in [0, 0.1) is 0 Å². The van der Waals surface area contributed by atoms with E-state index in [2.05, 4.69) is 4.98 Å². The first kappa shape index (κ1) is 15.9. The molecule has 0 aliphatic carbocycles. The highest BCUT2D eigenvalue weighted by Gasteiger charge is 2.18. The lowest BCUT2D eigenvalue weighted by Crippen LogP contribution is -2.09. The van der Waals surface area contributed by atoms with E-state index in [-0.39, 0.29) is 27.4 Å². The van der Waals surface area contributed by atoms with Crippen LogP contribution in [-0.2, 0) is 11.3 Å². The van der Waals surface area contributed by atoms with Crippen molar-refractivity contribution >= 4 is 40.8 Å². The quantitative estimate of drug-likeness (QED) is 0.770. The molecule has 0 amide bonds. The third-order valence-electron chi connectivity index (χ3n) is 2.66. The lowest BCUT2D eigenvalue weighted by molar-refractivity contribution is 0.0463. The molecule has 0 fully saturated rings. The van der Waals surface area contributed by atoms with Crippen molar-refractivity contribution in [3.8, 4) is 5.75 Å². The monoisotopic (exact) mass is 345 g/mol. The van der Waals surface area contributed by atoms with Crippen LogP contribution >= 0.6 is 34.8 Å². The van der Waals surface area contributed by atoms with Crippen LogP contribution in [0.2, 0.25) is 15.1 Å². The normalized spacial score (nSPS) is 10.3. The fourth-order valence-electron chi connectivity index (χ4n) is 1.62. The number of para-hydroxylation sites is 1. The van der Waals surface area contributed by atoms with E-state index in [4.69, 9.17) is 44.3 Å². The second-order valence-electron chi connectivity index (χ2n) is 3.97. The molecule has 0 aliphatic rings. The SMILES string of the molecule is COc1ccccc1COC(=O)c1ncc(Cl)c(Cl)c1Cl. The average Bonchev–Trinajstić information content (AvgIpc) is 2.50. The zero-order valence-corrected chi connectivity index (χ0v) is 13.2. The summed E-state index contributed by atoms with van der Waals surface area (Å²) in [5, 5.41) is 0.203. The number of hydrogen-bond donors (Lipinski definition) is 0. The zero-order chi connectivity index (χ0) is 15.4. The summed E-state index contributed by atoms with van der Waals surface area (Å²) in [4.78, 5) is 15.8. The van der Waals surface area contributed by atoms with Crippen LogP contribution in [-0.4, -0.2) is 18.1 Å². The summed E-state index contributed by atoms with van der Waals surface area (Å²) >= 11 is 17.5. The third-order valence-corrected chi connectivity index (χ3v) is 3.90. The van der Waals surface area contributed by atoms with Crippen molar-refractivity contribution in [3.63, 3.8) is 0 Å². The Bertz CT molecular complexity index is 677. The number of benzene rings is 1. The van der Waals surface area contributed by atoms with Gasteiger partial charge in [-0.2, -0.15) is 0 Å². The summed E-state index contributed by atoms with van der Waals surface area (Å²) in [5.41, 5.74) is 0.644. The molecule has 0 saturated heterocycles. The Morgan fingerprint density at radius 2 is 1.90 bits per heavy atom. The summed E-state index contributed by atoms with van der Waals surface area (Å²) in [5.74, 6) is -0.0667. The number of hydrogen-bond acceptors (Lipinski definition) is 4. The van der Waals surface area contributed by atoms with E-state index in [1.807, 2.05) is 12.1 Å². The third kappa shape index (κ3) is 3.59. The zero-order valence-electron chi connectivity index (χ0n) is 10.9. The minimum absolute atomic E-state index is 0.0289. The van der Waals surface area contributed by atoms with Gasteiger partial charge >= 0.3 is 5.97 Å². The largest absolute Gasteiger partial charge is 0.496 e. The summed E-state index contributed by atoms with van der Waals surface area (Å²) in [6.45, 7) is 0.0289. The number of carbonyl (C=O) groups is 1. The van der Waals surface area contributed by atoms with Gasteiger partial charge in [-0.25, -0.2) is 9.78 Å². The molecule has 1 aromatic carbocycles.